The van der Waals surface area contributed by atoms with Crippen molar-refractivity contribution in [1.82, 2.24) is 4.98 Å². The van der Waals surface area contributed by atoms with E-state index >= 15 is 0 Å². The summed E-state index contributed by atoms with van der Waals surface area (Å²) in [6.07, 6.45) is 2.29. The van der Waals surface area contributed by atoms with E-state index in [1.54, 1.807) is 6.20 Å². The number of hydrogen-bond acceptors (Lipinski definition) is 3. The lowest BCUT2D eigenvalue weighted by Gasteiger charge is -2.26. The predicted molar refractivity (Wildman–Crippen MR) is 51.2 cm³/mol. The van der Waals surface area contributed by atoms with Gasteiger partial charge in [-0.3, -0.25) is 9.78 Å². The van der Waals surface area contributed by atoms with Crippen LogP contribution in [0, 0.1) is 6.92 Å². The van der Waals surface area contributed by atoms with Gasteiger partial charge in [-0.25, -0.2) is 0 Å². The van der Waals surface area contributed by atoms with Crippen molar-refractivity contribution in [2.75, 3.05) is 18.5 Å². The molecule has 1 aromatic rings. The Morgan fingerprint density at radius 3 is 3.08 bits per heavy atom. The van der Waals surface area contributed by atoms with Crippen molar-refractivity contribution in [3.8, 4) is 0 Å². The topological polar surface area (TPSA) is 33.2 Å². The van der Waals surface area contributed by atoms with Gasteiger partial charge in [0, 0.05) is 31.9 Å². The first kappa shape index (κ1) is 8.23. The van der Waals surface area contributed by atoms with Gasteiger partial charge >= 0.3 is 0 Å². The maximum absolute atomic E-state index is 11.5. The second-order valence-corrected chi connectivity index (χ2v) is 3.44. The van der Waals surface area contributed by atoms with E-state index in [-0.39, 0.29) is 5.78 Å². The molecule has 2 rings (SSSR count). The standard InChI is InChI=1S/C10H12N2O/c1-7-5-9-8(6-11-7)10(13)3-4-12(9)2/h5-6H,3-4H2,1-2H3. The molecule has 0 bridgehead atoms. The minimum absolute atomic E-state index is 0.209. The minimum atomic E-state index is 0.209. The Kier molecular flexibility index (Phi) is 1.79. The molecular weight excluding hydrogens is 164 g/mol. The van der Waals surface area contributed by atoms with E-state index in [0.29, 0.717) is 6.42 Å². The highest BCUT2D eigenvalue weighted by atomic mass is 16.1. The van der Waals surface area contributed by atoms with E-state index in [2.05, 4.69) is 9.88 Å². The summed E-state index contributed by atoms with van der Waals surface area (Å²) < 4.78 is 0. The molecule has 3 nitrogen and oxygen atoms in total. The summed E-state index contributed by atoms with van der Waals surface area (Å²) in [4.78, 5) is 17.7. The molecule has 68 valence electrons. The van der Waals surface area contributed by atoms with E-state index in [1.807, 2.05) is 20.0 Å². The van der Waals surface area contributed by atoms with Crippen LogP contribution in [0.15, 0.2) is 12.3 Å². The third kappa shape index (κ3) is 1.30. The summed E-state index contributed by atoms with van der Waals surface area (Å²) in [5.74, 6) is 0.209. The molecule has 1 aliphatic heterocycles. The van der Waals surface area contributed by atoms with Crippen molar-refractivity contribution < 1.29 is 4.79 Å². The summed E-state index contributed by atoms with van der Waals surface area (Å²) in [5.41, 5.74) is 2.74. The highest BCUT2D eigenvalue weighted by Crippen LogP contribution is 2.25. The van der Waals surface area contributed by atoms with E-state index < -0.39 is 0 Å². The first-order chi connectivity index (χ1) is 6.18. The number of aryl methyl sites for hydroxylation is 1. The molecule has 0 unspecified atom stereocenters. The third-order valence-corrected chi connectivity index (χ3v) is 2.40. The van der Waals surface area contributed by atoms with Gasteiger partial charge < -0.3 is 4.90 Å². The van der Waals surface area contributed by atoms with Crippen molar-refractivity contribution in [2.45, 2.75) is 13.3 Å². The largest absolute Gasteiger partial charge is 0.373 e. The SMILES string of the molecule is Cc1cc2c(cn1)C(=O)CCN2C. The van der Waals surface area contributed by atoms with Crippen LogP contribution in [0.4, 0.5) is 5.69 Å². The van der Waals surface area contributed by atoms with Crippen molar-refractivity contribution in [2.24, 2.45) is 0 Å². The van der Waals surface area contributed by atoms with Crippen LogP contribution >= 0.6 is 0 Å². The number of pyridine rings is 1. The molecule has 0 fully saturated rings. The van der Waals surface area contributed by atoms with Gasteiger partial charge in [-0.15, -0.1) is 0 Å². The quantitative estimate of drug-likeness (QED) is 0.599. The third-order valence-electron chi connectivity index (χ3n) is 2.40. The van der Waals surface area contributed by atoms with Crippen LogP contribution in [0.5, 0.6) is 0 Å². The van der Waals surface area contributed by atoms with Crippen LogP contribution in [0.1, 0.15) is 22.5 Å². The molecule has 0 saturated heterocycles. The van der Waals surface area contributed by atoms with E-state index in [9.17, 15) is 4.79 Å². The minimum Gasteiger partial charge on any atom is -0.373 e. The van der Waals surface area contributed by atoms with Crippen molar-refractivity contribution in [3.05, 3.63) is 23.5 Å². The number of fused-ring (bicyclic) bond motifs is 1. The Morgan fingerprint density at radius 2 is 2.31 bits per heavy atom. The fourth-order valence-electron chi connectivity index (χ4n) is 1.60. The molecule has 0 radical (unpaired) electrons. The van der Waals surface area contributed by atoms with Crippen LogP contribution in [0.2, 0.25) is 0 Å². The predicted octanol–water partition coefficient (Wildman–Crippen LogP) is 1.41. The summed E-state index contributed by atoms with van der Waals surface area (Å²) in [5, 5.41) is 0. The average Bonchev–Trinajstić information content (AvgIpc) is 2.12. The molecule has 0 aliphatic carbocycles. The van der Waals surface area contributed by atoms with Gasteiger partial charge in [-0.05, 0) is 13.0 Å². The molecule has 13 heavy (non-hydrogen) atoms. The monoisotopic (exact) mass is 176 g/mol. The van der Waals surface area contributed by atoms with Crippen molar-refractivity contribution >= 4 is 11.5 Å². The fourth-order valence-corrected chi connectivity index (χ4v) is 1.60. The second kappa shape index (κ2) is 2.83. The van der Waals surface area contributed by atoms with Crippen LogP contribution in [0.3, 0.4) is 0 Å². The Labute approximate surface area is 77.4 Å². The van der Waals surface area contributed by atoms with Gasteiger partial charge in [0.15, 0.2) is 5.78 Å². The van der Waals surface area contributed by atoms with Gasteiger partial charge in [0.1, 0.15) is 0 Å². The number of carbonyl (C=O) groups excluding carboxylic acids is 1. The van der Waals surface area contributed by atoms with Gasteiger partial charge in [-0.2, -0.15) is 0 Å². The maximum atomic E-state index is 11.5. The van der Waals surface area contributed by atoms with Gasteiger partial charge in [0.2, 0.25) is 0 Å². The summed E-state index contributed by atoms with van der Waals surface area (Å²) in [6, 6.07) is 1.96. The molecule has 3 heteroatoms. The fraction of sp³-hybridized carbons (Fsp3) is 0.400. The van der Waals surface area contributed by atoms with Crippen molar-refractivity contribution in [1.29, 1.82) is 0 Å². The Morgan fingerprint density at radius 1 is 1.54 bits per heavy atom. The number of hydrogen-bond donors (Lipinski definition) is 0. The number of aromatic nitrogens is 1. The number of anilines is 1. The number of nitrogens with zero attached hydrogens (tertiary/aromatic N) is 2. The smallest absolute Gasteiger partial charge is 0.168 e. The molecule has 2 heterocycles. The lowest BCUT2D eigenvalue weighted by Crippen LogP contribution is -2.28. The van der Waals surface area contributed by atoms with Crippen LogP contribution in [0.25, 0.3) is 0 Å². The van der Waals surface area contributed by atoms with Gasteiger partial charge in [0.05, 0.1) is 11.3 Å². The van der Waals surface area contributed by atoms with Crippen LogP contribution < -0.4 is 4.90 Å². The zero-order chi connectivity index (χ0) is 9.42. The van der Waals surface area contributed by atoms with Crippen LogP contribution in [-0.4, -0.2) is 24.4 Å². The highest BCUT2D eigenvalue weighted by molar-refractivity contribution is 6.02. The molecule has 0 atom stereocenters. The molecule has 0 aromatic carbocycles. The zero-order valence-corrected chi connectivity index (χ0v) is 7.87. The number of carbonyl (C=O) groups is 1. The second-order valence-electron chi connectivity index (χ2n) is 3.44. The van der Waals surface area contributed by atoms with E-state index in [1.165, 1.54) is 0 Å². The zero-order valence-electron chi connectivity index (χ0n) is 7.87. The molecule has 0 amide bonds. The summed E-state index contributed by atoms with van der Waals surface area (Å²) in [7, 11) is 2.00. The molecular formula is C10H12N2O. The summed E-state index contributed by atoms with van der Waals surface area (Å²) in [6.45, 7) is 2.75. The lowest BCUT2D eigenvalue weighted by molar-refractivity contribution is 0.0980. The average molecular weight is 176 g/mol. The number of ketones is 1. The highest BCUT2D eigenvalue weighted by Gasteiger charge is 2.20. The molecule has 0 N–H and O–H groups in total. The lowest BCUT2D eigenvalue weighted by atomic mass is 10.0. The Bertz CT molecular complexity index is 360. The molecule has 1 aromatic heterocycles. The number of rotatable bonds is 0. The molecule has 0 saturated carbocycles. The molecule has 0 spiro atoms. The Balaban J connectivity index is 2.57. The van der Waals surface area contributed by atoms with Gasteiger partial charge in [-0.1, -0.05) is 0 Å². The normalized spacial score (nSPS) is 15.8. The van der Waals surface area contributed by atoms with Crippen LogP contribution in [-0.2, 0) is 0 Å². The first-order valence-corrected chi connectivity index (χ1v) is 4.39. The summed E-state index contributed by atoms with van der Waals surface area (Å²) >= 11 is 0. The van der Waals surface area contributed by atoms with Crippen molar-refractivity contribution in [3.63, 3.8) is 0 Å². The first-order valence-electron chi connectivity index (χ1n) is 4.39. The van der Waals surface area contributed by atoms with E-state index in [4.69, 9.17) is 0 Å². The molecule has 1 aliphatic rings. The van der Waals surface area contributed by atoms with Gasteiger partial charge in [0.25, 0.3) is 0 Å². The van der Waals surface area contributed by atoms with E-state index in [0.717, 1.165) is 23.5 Å². The Hall–Kier alpha value is -1.38. The number of Topliss-reactive ketones (excluding diaryl/α,β-unsaturated/α-hetero) is 1. The maximum Gasteiger partial charge on any atom is 0.168 e.